The molecule has 1 amide bonds. The Kier molecular flexibility index (Phi) is 4.02. The molecule has 0 fully saturated rings. The number of amides is 1. The molecule has 0 saturated carbocycles. The standard InChI is InChI=1S/C24H19N3O/c28-24(14-17-6-9-21(10-7-17)27-13-3-12-25-27)26-20-8-11-23-19(16-20)15-18-4-1-2-5-22(18)23/h1-13,16H,14-15H2,(H,26,28). The van der Waals surface area contributed by atoms with Gasteiger partial charge < -0.3 is 5.32 Å². The number of nitrogens with one attached hydrogen (secondary N) is 1. The van der Waals surface area contributed by atoms with Gasteiger partial charge in [-0.25, -0.2) is 4.68 Å². The molecule has 1 aliphatic carbocycles. The second kappa shape index (κ2) is 6.82. The molecule has 0 spiro atoms. The van der Waals surface area contributed by atoms with Crippen LogP contribution in [0.2, 0.25) is 0 Å². The zero-order chi connectivity index (χ0) is 18.9. The van der Waals surface area contributed by atoms with Crippen molar-refractivity contribution >= 4 is 11.6 Å². The molecule has 3 aromatic carbocycles. The molecule has 1 aliphatic rings. The van der Waals surface area contributed by atoms with Gasteiger partial charge in [0.15, 0.2) is 0 Å². The Bertz CT molecular complexity index is 1140. The van der Waals surface area contributed by atoms with E-state index in [0.29, 0.717) is 6.42 Å². The van der Waals surface area contributed by atoms with Crippen molar-refractivity contribution in [2.75, 3.05) is 5.32 Å². The summed E-state index contributed by atoms with van der Waals surface area (Å²) in [5.41, 5.74) is 7.98. The number of anilines is 1. The Morgan fingerprint density at radius 2 is 1.75 bits per heavy atom. The summed E-state index contributed by atoms with van der Waals surface area (Å²) in [5, 5.41) is 7.25. The van der Waals surface area contributed by atoms with Gasteiger partial charge in [0.1, 0.15) is 0 Å². The molecule has 0 unspecified atom stereocenters. The maximum atomic E-state index is 12.5. The zero-order valence-corrected chi connectivity index (χ0v) is 15.3. The fourth-order valence-electron chi connectivity index (χ4n) is 3.80. The van der Waals surface area contributed by atoms with Gasteiger partial charge >= 0.3 is 0 Å². The number of carbonyl (C=O) groups is 1. The lowest BCUT2D eigenvalue weighted by molar-refractivity contribution is -0.115. The summed E-state index contributed by atoms with van der Waals surface area (Å²) in [7, 11) is 0. The minimum atomic E-state index is -0.0118. The number of rotatable bonds is 4. The predicted octanol–water partition coefficient (Wildman–Crippen LogP) is 4.62. The van der Waals surface area contributed by atoms with Crippen molar-refractivity contribution in [2.45, 2.75) is 12.8 Å². The van der Waals surface area contributed by atoms with E-state index in [9.17, 15) is 4.79 Å². The van der Waals surface area contributed by atoms with Crippen molar-refractivity contribution in [1.82, 2.24) is 9.78 Å². The molecule has 136 valence electrons. The highest BCUT2D eigenvalue weighted by Crippen LogP contribution is 2.37. The van der Waals surface area contributed by atoms with Crippen molar-refractivity contribution in [3.8, 4) is 16.8 Å². The molecule has 4 heteroatoms. The second-order valence-corrected chi connectivity index (χ2v) is 7.05. The first-order valence-electron chi connectivity index (χ1n) is 9.36. The van der Waals surface area contributed by atoms with Gasteiger partial charge in [-0.15, -0.1) is 0 Å². The first kappa shape index (κ1) is 16.5. The quantitative estimate of drug-likeness (QED) is 0.505. The van der Waals surface area contributed by atoms with E-state index in [4.69, 9.17) is 0 Å². The Morgan fingerprint density at radius 1 is 0.929 bits per heavy atom. The molecule has 28 heavy (non-hydrogen) atoms. The summed E-state index contributed by atoms with van der Waals surface area (Å²) in [6.45, 7) is 0. The van der Waals surface area contributed by atoms with E-state index in [0.717, 1.165) is 23.4 Å². The molecule has 0 atom stereocenters. The van der Waals surface area contributed by atoms with Gasteiger partial charge in [0.2, 0.25) is 5.91 Å². The van der Waals surface area contributed by atoms with E-state index >= 15 is 0 Å². The fourth-order valence-corrected chi connectivity index (χ4v) is 3.80. The minimum Gasteiger partial charge on any atom is -0.326 e. The van der Waals surface area contributed by atoms with Gasteiger partial charge in [0.25, 0.3) is 0 Å². The monoisotopic (exact) mass is 365 g/mol. The fraction of sp³-hybridized carbons (Fsp3) is 0.0833. The topological polar surface area (TPSA) is 46.9 Å². The molecule has 5 rings (SSSR count). The van der Waals surface area contributed by atoms with E-state index in [2.05, 4.69) is 46.8 Å². The summed E-state index contributed by atoms with van der Waals surface area (Å²) in [6.07, 6.45) is 4.91. The van der Waals surface area contributed by atoms with Crippen LogP contribution in [0.25, 0.3) is 16.8 Å². The average Bonchev–Trinajstić information content (AvgIpc) is 3.36. The predicted molar refractivity (Wildman–Crippen MR) is 111 cm³/mol. The molecule has 1 heterocycles. The van der Waals surface area contributed by atoms with Crippen LogP contribution in [0.1, 0.15) is 16.7 Å². The van der Waals surface area contributed by atoms with Gasteiger partial charge in [-0.3, -0.25) is 4.79 Å². The normalized spacial score (nSPS) is 11.7. The Balaban J connectivity index is 1.27. The molecule has 0 radical (unpaired) electrons. The first-order chi connectivity index (χ1) is 13.8. The molecule has 4 nitrogen and oxygen atoms in total. The van der Waals surface area contributed by atoms with E-state index in [1.807, 2.05) is 42.6 Å². The van der Waals surface area contributed by atoms with E-state index < -0.39 is 0 Å². The smallest absolute Gasteiger partial charge is 0.228 e. The van der Waals surface area contributed by atoms with Crippen LogP contribution in [0.4, 0.5) is 5.69 Å². The van der Waals surface area contributed by atoms with Crippen LogP contribution in [0.3, 0.4) is 0 Å². The summed E-state index contributed by atoms with van der Waals surface area (Å²) in [5.74, 6) is -0.0118. The molecule has 1 aromatic heterocycles. The number of nitrogens with zero attached hydrogens (tertiary/aromatic N) is 2. The highest BCUT2D eigenvalue weighted by atomic mass is 16.1. The third-order valence-electron chi connectivity index (χ3n) is 5.15. The average molecular weight is 365 g/mol. The lowest BCUT2D eigenvalue weighted by Crippen LogP contribution is -2.14. The largest absolute Gasteiger partial charge is 0.326 e. The van der Waals surface area contributed by atoms with Crippen molar-refractivity contribution < 1.29 is 4.79 Å². The van der Waals surface area contributed by atoms with Crippen LogP contribution in [0.15, 0.2) is 85.2 Å². The van der Waals surface area contributed by atoms with Crippen LogP contribution < -0.4 is 5.32 Å². The lowest BCUT2D eigenvalue weighted by atomic mass is 10.1. The molecular formula is C24H19N3O. The third kappa shape index (κ3) is 3.09. The van der Waals surface area contributed by atoms with Gasteiger partial charge in [0.05, 0.1) is 12.1 Å². The second-order valence-electron chi connectivity index (χ2n) is 7.05. The number of benzene rings is 3. The van der Waals surface area contributed by atoms with Crippen molar-refractivity contribution in [3.63, 3.8) is 0 Å². The van der Waals surface area contributed by atoms with Gasteiger partial charge in [-0.1, -0.05) is 42.5 Å². The lowest BCUT2D eigenvalue weighted by Gasteiger charge is -2.08. The van der Waals surface area contributed by atoms with Crippen LogP contribution in [-0.4, -0.2) is 15.7 Å². The van der Waals surface area contributed by atoms with Crippen molar-refractivity contribution in [2.24, 2.45) is 0 Å². The number of aromatic nitrogens is 2. The molecule has 0 aliphatic heterocycles. The molecule has 0 bridgehead atoms. The summed E-state index contributed by atoms with van der Waals surface area (Å²) in [6, 6.07) is 24.4. The highest BCUT2D eigenvalue weighted by molar-refractivity contribution is 5.93. The van der Waals surface area contributed by atoms with Gasteiger partial charge in [0, 0.05) is 18.1 Å². The molecule has 1 N–H and O–H groups in total. The van der Waals surface area contributed by atoms with Crippen molar-refractivity contribution in [3.05, 3.63) is 102 Å². The maximum absolute atomic E-state index is 12.5. The van der Waals surface area contributed by atoms with Crippen LogP contribution in [0, 0.1) is 0 Å². The van der Waals surface area contributed by atoms with E-state index in [1.54, 1.807) is 10.9 Å². The zero-order valence-electron chi connectivity index (χ0n) is 15.3. The Hall–Kier alpha value is -3.66. The summed E-state index contributed by atoms with van der Waals surface area (Å²) < 4.78 is 1.80. The molecular weight excluding hydrogens is 346 g/mol. The maximum Gasteiger partial charge on any atom is 0.228 e. The Morgan fingerprint density at radius 3 is 2.57 bits per heavy atom. The number of hydrogen-bond acceptors (Lipinski definition) is 2. The van der Waals surface area contributed by atoms with E-state index in [-0.39, 0.29) is 5.91 Å². The van der Waals surface area contributed by atoms with Crippen LogP contribution in [0.5, 0.6) is 0 Å². The highest BCUT2D eigenvalue weighted by Gasteiger charge is 2.18. The molecule has 4 aromatic rings. The van der Waals surface area contributed by atoms with Gasteiger partial charge in [-0.2, -0.15) is 5.10 Å². The number of carbonyl (C=O) groups excluding carboxylic acids is 1. The first-order valence-corrected chi connectivity index (χ1v) is 9.36. The van der Waals surface area contributed by atoms with Crippen molar-refractivity contribution in [1.29, 1.82) is 0 Å². The summed E-state index contributed by atoms with van der Waals surface area (Å²) >= 11 is 0. The van der Waals surface area contributed by atoms with E-state index in [1.165, 1.54) is 22.3 Å². The number of hydrogen-bond donors (Lipinski definition) is 1. The summed E-state index contributed by atoms with van der Waals surface area (Å²) in [4.78, 5) is 12.5. The number of fused-ring (bicyclic) bond motifs is 3. The Labute approximate surface area is 163 Å². The minimum absolute atomic E-state index is 0.0118. The van der Waals surface area contributed by atoms with Gasteiger partial charge in [-0.05, 0) is 64.6 Å². The molecule has 0 saturated heterocycles. The SMILES string of the molecule is O=C(Cc1ccc(-n2cccn2)cc1)Nc1ccc2c(c1)Cc1ccccc1-2. The third-order valence-corrected chi connectivity index (χ3v) is 5.15. The van der Waals surface area contributed by atoms with Crippen LogP contribution >= 0.6 is 0 Å². The van der Waals surface area contributed by atoms with Crippen LogP contribution in [-0.2, 0) is 17.6 Å².